The third kappa shape index (κ3) is 6.20. The highest BCUT2D eigenvalue weighted by atomic mass is 16.6. The molecule has 2 aromatic carbocycles. The fourth-order valence-electron chi connectivity index (χ4n) is 3.74. The number of hydrogen-bond donors (Lipinski definition) is 1. The smallest absolute Gasteiger partial charge is 0.407 e. The molecule has 4 rings (SSSR count). The van der Waals surface area contributed by atoms with E-state index in [1.165, 1.54) is 6.39 Å². The standard InChI is InChI=1S/C25H26N2O6/c1-30-23-12-18(5-6-22(23)24-14-26-16-32-24)11-20(28)10-17-3-2-4-19(9-17)13-27-25(29)33-21-7-8-31-15-21/h2-6,9,12,14,16,21H,7-8,10-11,13,15H2,1H3,(H,27,29)/t21-/m0/s1. The first-order chi connectivity index (χ1) is 16.1. The van der Waals surface area contributed by atoms with E-state index in [0.29, 0.717) is 37.7 Å². The number of carbonyl (C=O) groups excluding carboxylic acids is 2. The van der Waals surface area contributed by atoms with Crippen molar-refractivity contribution < 1.29 is 28.2 Å². The van der Waals surface area contributed by atoms with Gasteiger partial charge in [-0.25, -0.2) is 9.78 Å². The lowest BCUT2D eigenvalue weighted by Gasteiger charge is -2.12. The molecule has 0 unspecified atom stereocenters. The molecule has 1 aliphatic rings. The Labute approximate surface area is 191 Å². The lowest BCUT2D eigenvalue weighted by atomic mass is 10.00. The summed E-state index contributed by atoms with van der Waals surface area (Å²) in [6.07, 6.45) is 3.64. The predicted octanol–water partition coefficient (Wildman–Crippen LogP) is 3.72. The van der Waals surface area contributed by atoms with Crippen molar-refractivity contribution in [1.82, 2.24) is 10.3 Å². The topological polar surface area (TPSA) is 99.9 Å². The van der Waals surface area contributed by atoms with Crippen molar-refractivity contribution in [3.8, 4) is 17.1 Å². The van der Waals surface area contributed by atoms with Gasteiger partial charge in [-0.2, -0.15) is 0 Å². The van der Waals surface area contributed by atoms with Gasteiger partial charge in [0.2, 0.25) is 0 Å². The normalized spacial score (nSPS) is 15.2. The Balaban J connectivity index is 1.31. The molecule has 1 aromatic heterocycles. The van der Waals surface area contributed by atoms with E-state index in [0.717, 1.165) is 28.7 Å². The second-order valence-corrected chi connectivity index (χ2v) is 7.86. The number of methoxy groups -OCH3 is 1. The molecule has 1 atom stereocenters. The number of rotatable bonds is 9. The fourth-order valence-corrected chi connectivity index (χ4v) is 3.74. The first kappa shape index (κ1) is 22.5. The summed E-state index contributed by atoms with van der Waals surface area (Å²) >= 11 is 0. The maximum atomic E-state index is 12.7. The van der Waals surface area contributed by atoms with Crippen LogP contribution in [0.1, 0.15) is 23.1 Å². The molecule has 3 aromatic rings. The number of nitrogens with zero attached hydrogens (tertiary/aromatic N) is 1. The van der Waals surface area contributed by atoms with Crippen molar-refractivity contribution in [2.24, 2.45) is 0 Å². The van der Waals surface area contributed by atoms with E-state index in [2.05, 4.69) is 10.3 Å². The zero-order valence-corrected chi connectivity index (χ0v) is 18.4. The number of ketones is 1. The number of alkyl carbamates (subject to hydrolysis) is 1. The number of oxazole rings is 1. The fraction of sp³-hybridized carbons (Fsp3) is 0.320. The van der Waals surface area contributed by atoms with E-state index in [9.17, 15) is 9.59 Å². The van der Waals surface area contributed by atoms with Gasteiger partial charge in [-0.1, -0.05) is 30.3 Å². The van der Waals surface area contributed by atoms with Crippen LogP contribution in [-0.4, -0.2) is 43.3 Å². The summed E-state index contributed by atoms with van der Waals surface area (Å²) in [7, 11) is 1.58. The quantitative estimate of drug-likeness (QED) is 0.530. The summed E-state index contributed by atoms with van der Waals surface area (Å²) in [6.45, 7) is 1.39. The molecule has 0 saturated carbocycles. The molecule has 8 heteroatoms. The Bertz CT molecular complexity index is 1090. The van der Waals surface area contributed by atoms with Gasteiger partial charge in [0.15, 0.2) is 12.2 Å². The highest BCUT2D eigenvalue weighted by molar-refractivity contribution is 5.83. The summed E-state index contributed by atoms with van der Waals surface area (Å²) in [6, 6.07) is 13.2. The van der Waals surface area contributed by atoms with Crippen molar-refractivity contribution in [2.45, 2.75) is 31.9 Å². The Morgan fingerprint density at radius 1 is 1.12 bits per heavy atom. The summed E-state index contributed by atoms with van der Waals surface area (Å²) in [4.78, 5) is 28.6. The largest absolute Gasteiger partial charge is 0.496 e. The van der Waals surface area contributed by atoms with Crippen LogP contribution in [-0.2, 0) is 33.7 Å². The Morgan fingerprint density at radius 2 is 1.94 bits per heavy atom. The van der Waals surface area contributed by atoms with Crippen LogP contribution in [0.2, 0.25) is 0 Å². The molecular formula is C25H26N2O6. The third-order valence-corrected chi connectivity index (χ3v) is 5.36. The Morgan fingerprint density at radius 3 is 2.67 bits per heavy atom. The van der Waals surface area contributed by atoms with Gasteiger partial charge in [-0.05, 0) is 28.8 Å². The molecule has 1 amide bonds. The zero-order valence-electron chi connectivity index (χ0n) is 18.4. The van der Waals surface area contributed by atoms with E-state index in [-0.39, 0.29) is 18.3 Å². The molecule has 0 bridgehead atoms. The molecule has 8 nitrogen and oxygen atoms in total. The minimum Gasteiger partial charge on any atom is -0.496 e. The number of aromatic nitrogens is 1. The predicted molar refractivity (Wildman–Crippen MR) is 120 cm³/mol. The van der Waals surface area contributed by atoms with Gasteiger partial charge >= 0.3 is 6.09 Å². The highest BCUT2D eigenvalue weighted by Gasteiger charge is 2.19. The Kier molecular flexibility index (Phi) is 7.36. The van der Waals surface area contributed by atoms with Gasteiger partial charge in [0.05, 0.1) is 32.1 Å². The molecule has 1 saturated heterocycles. The first-order valence-corrected chi connectivity index (χ1v) is 10.8. The second-order valence-electron chi connectivity index (χ2n) is 7.86. The zero-order chi connectivity index (χ0) is 23.0. The average Bonchev–Trinajstić information content (AvgIpc) is 3.52. The van der Waals surface area contributed by atoms with Crippen molar-refractivity contribution in [3.63, 3.8) is 0 Å². The summed E-state index contributed by atoms with van der Waals surface area (Å²) in [5, 5.41) is 2.75. The van der Waals surface area contributed by atoms with E-state index in [1.807, 2.05) is 42.5 Å². The van der Waals surface area contributed by atoms with Crippen LogP contribution >= 0.6 is 0 Å². The van der Waals surface area contributed by atoms with Crippen molar-refractivity contribution in [2.75, 3.05) is 20.3 Å². The molecule has 1 N–H and O–H groups in total. The molecule has 0 spiro atoms. The van der Waals surface area contributed by atoms with E-state index in [4.69, 9.17) is 18.6 Å². The van der Waals surface area contributed by atoms with Crippen LogP contribution in [0.5, 0.6) is 5.75 Å². The third-order valence-electron chi connectivity index (χ3n) is 5.36. The van der Waals surface area contributed by atoms with Crippen LogP contribution in [0.3, 0.4) is 0 Å². The Hall–Kier alpha value is -3.65. The summed E-state index contributed by atoms with van der Waals surface area (Å²) in [5.74, 6) is 1.31. The summed E-state index contributed by atoms with van der Waals surface area (Å²) in [5.41, 5.74) is 3.43. The molecule has 33 heavy (non-hydrogen) atoms. The summed E-state index contributed by atoms with van der Waals surface area (Å²) < 4.78 is 21.3. The molecule has 0 aliphatic carbocycles. The number of Topliss-reactive ketones (excluding diaryl/α,β-unsaturated/α-hetero) is 1. The number of benzene rings is 2. The van der Waals surface area contributed by atoms with Gasteiger partial charge in [0, 0.05) is 25.8 Å². The highest BCUT2D eigenvalue weighted by Crippen LogP contribution is 2.30. The SMILES string of the molecule is COc1cc(CC(=O)Cc2cccc(CNC(=O)O[C@H]3CCOC3)c2)ccc1-c1cnco1. The van der Waals surface area contributed by atoms with Crippen LogP contribution in [0, 0.1) is 0 Å². The number of nitrogens with one attached hydrogen (secondary N) is 1. The van der Waals surface area contributed by atoms with E-state index in [1.54, 1.807) is 13.3 Å². The number of amides is 1. The van der Waals surface area contributed by atoms with Crippen LogP contribution in [0.25, 0.3) is 11.3 Å². The number of hydrogen-bond acceptors (Lipinski definition) is 7. The maximum Gasteiger partial charge on any atom is 0.407 e. The first-order valence-electron chi connectivity index (χ1n) is 10.8. The molecule has 1 fully saturated rings. The van der Waals surface area contributed by atoms with Gasteiger partial charge < -0.3 is 23.9 Å². The van der Waals surface area contributed by atoms with Crippen LogP contribution in [0.15, 0.2) is 59.5 Å². The molecular weight excluding hydrogens is 424 g/mol. The van der Waals surface area contributed by atoms with E-state index < -0.39 is 6.09 Å². The molecule has 172 valence electrons. The van der Waals surface area contributed by atoms with Crippen molar-refractivity contribution >= 4 is 11.9 Å². The lowest BCUT2D eigenvalue weighted by Crippen LogP contribution is -2.28. The van der Waals surface area contributed by atoms with Crippen LogP contribution < -0.4 is 10.1 Å². The van der Waals surface area contributed by atoms with Gasteiger partial charge in [-0.3, -0.25) is 4.79 Å². The van der Waals surface area contributed by atoms with E-state index >= 15 is 0 Å². The maximum absolute atomic E-state index is 12.7. The average molecular weight is 450 g/mol. The van der Waals surface area contributed by atoms with Gasteiger partial charge in [0.1, 0.15) is 17.6 Å². The monoisotopic (exact) mass is 450 g/mol. The van der Waals surface area contributed by atoms with Crippen molar-refractivity contribution in [3.05, 3.63) is 71.7 Å². The van der Waals surface area contributed by atoms with Crippen LogP contribution in [0.4, 0.5) is 4.79 Å². The molecule has 0 radical (unpaired) electrons. The molecule has 2 heterocycles. The second kappa shape index (κ2) is 10.8. The minimum absolute atomic E-state index is 0.0789. The van der Waals surface area contributed by atoms with Gasteiger partial charge in [0.25, 0.3) is 0 Å². The number of ether oxygens (including phenoxy) is 3. The lowest BCUT2D eigenvalue weighted by molar-refractivity contribution is -0.117. The van der Waals surface area contributed by atoms with Gasteiger partial charge in [-0.15, -0.1) is 0 Å². The number of carbonyl (C=O) groups is 2. The minimum atomic E-state index is -0.463. The molecule has 1 aliphatic heterocycles. The van der Waals surface area contributed by atoms with Crippen molar-refractivity contribution in [1.29, 1.82) is 0 Å².